The first-order valence-corrected chi connectivity index (χ1v) is 10.3. The van der Waals surface area contributed by atoms with Gasteiger partial charge in [-0.2, -0.15) is 0 Å². The van der Waals surface area contributed by atoms with Gasteiger partial charge in [-0.25, -0.2) is 9.59 Å². The van der Waals surface area contributed by atoms with Crippen LogP contribution in [0.4, 0.5) is 4.79 Å². The zero-order valence-electron chi connectivity index (χ0n) is 17.9. The van der Waals surface area contributed by atoms with E-state index in [1.807, 2.05) is 44.2 Å². The van der Waals surface area contributed by atoms with E-state index in [9.17, 15) is 19.5 Å². The summed E-state index contributed by atoms with van der Waals surface area (Å²) in [5.41, 5.74) is -0.513. The van der Waals surface area contributed by atoms with Crippen molar-refractivity contribution in [3.63, 3.8) is 0 Å². The Bertz CT molecular complexity index is 724. The van der Waals surface area contributed by atoms with E-state index < -0.39 is 23.6 Å². The topological polar surface area (TPSA) is 105 Å². The fourth-order valence-corrected chi connectivity index (χ4v) is 3.86. The van der Waals surface area contributed by atoms with E-state index in [-0.39, 0.29) is 31.5 Å². The molecule has 1 fully saturated rings. The van der Waals surface area contributed by atoms with Gasteiger partial charge in [0.2, 0.25) is 0 Å². The zero-order valence-corrected chi connectivity index (χ0v) is 17.9. The number of hydrogen-bond donors (Lipinski definition) is 2. The third-order valence-corrected chi connectivity index (χ3v) is 5.43. The van der Waals surface area contributed by atoms with Crippen LogP contribution >= 0.6 is 0 Å². The van der Waals surface area contributed by atoms with Gasteiger partial charge in [0.15, 0.2) is 0 Å². The lowest BCUT2D eigenvalue weighted by Crippen LogP contribution is -2.55. The molecule has 2 rings (SSSR count). The summed E-state index contributed by atoms with van der Waals surface area (Å²) in [6.07, 6.45) is 1.05. The molecule has 1 amide bonds. The third-order valence-electron chi connectivity index (χ3n) is 5.43. The maximum Gasteiger partial charge on any atom is 0.411 e. The molecule has 8 nitrogen and oxygen atoms in total. The molecule has 2 atom stereocenters. The summed E-state index contributed by atoms with van der Waals surface area (Å²) in [6, 6.07) is 8.73. The molecule has 166 valence electrons. The largest absolute Gasteiger partial charge is 0.479 e. The number of carboxylic acid groups (broad SMARTS) is 1. The number of ether oxygens (including phenoxy) is 2. The second kappa shape index (κ2) is 11.0. The van der Waals surface area contributed by atoms with Crippen molar-refractivity contribution in [3.8, 4) is 0 Å². The molecular formula is C22H32N2O6. The number of methoxy groups -OCH3 is 1. The van der Waals surface area contributed by atoms with E-state index in [4.69, 9.17) is 9.47 Å². The maximum atomic E-state index is 12.7. The number of carbonyl (C=O) groups excluding carboxylic acids is 2. The van der Waals surface area contributed by atoms with E-state index in [0.29, 0.717) is 25.8 Å². The number of hydrogen-bond acceptors (Lipinski definition) is 6. The van der Waals surface area contributed by atoms with Crippen LogP contribution < -0.4 is 5.32 Å². The van der Waals surface area contributed by atoms with Crippen LogP contribution in [0.2, 0.25) is 0 Å². The summed E-state index contributed by atoms with van der Waals surface area (Å²) < 4.78 is 10.2. The average molecular weight is 421 g/mol. The first-order valence-electron chi connectivity index (χ1n) is 10.3. The van der Waals surface area contributed by atoms with E-state index in [2.05, 4.69) is 5.32 Å². The SMILES string of the molecule is COC(=O)[C@H](CC(C)C)NCC[C@@]1(C(=O)O)CCCN1C(=O)OCc1ccccc1. The standard InChI is InChI=1S/C22H32N2O6/c1-16(2)14-18(19(25)29-3)23-12-11-22(20(26)27)10-7-13-24(22)21(28)30-15-17-8-5-4-6-9-17/h4-6,8-9,16,18,23H,7,10-15H2,1-3H3,(H,26,27)/t18-,22+/m0/s1. The van der Waals surface area contributed by atoms with Crippen LogP contribution in [0.1, 0.15) is 45.1 Å². The van der Waals surface area contributed by atoms with Crippen molar-refractivity contribution in [2.24, 2.45) is 5.92 Å². The number of carbonyl (C=O) groups is 3. The van der Waals surface area contributed by atoms with Gasteiger partial charge >= 0.3 is 18.0 Å². The van der Waals surface area contributed by atoms with Crippen molar-refractivity contribution < 1.29 is 29.0 Å². The molecule has 0 spiro atoms. The minimum atomic E-state index is -1.35. The lowest BCUT2D eigenvalue weighted by Gasteiger charge is -2.34. The van der Waals surface area contributed by atoms with E-state index >= 15 is 0 Å². The van der Waals surface area contributed by atoms with Gasteiger partial charge in [-0.15, -0.1) is 0 Å². The predicted octanol–water partition coefficient (Wildman–Crippen LogP) is 2.81. The molecule has 0 aromatic heterocycles. The van der Waals surface area contributed by atoms with Crippen LogP contribution in [0.5, 0.6) is 0 Å². The molecule has 1 heterocycles. The average Bonchev–Trinajstić information content (AvgIpc) is 3.16. The maximum absolute atomic E-state index is 12.7. The zero-order chi connectivity index (χ0) is 22.1. The molecule has 1 aliphatic rings. The minimum Gasteiger partial charge on any atom is -0.479 e. The van der Waals surface area contributed by atoms with Crippen molar-refractivity contribution in [1.29, 1.82) is 0 Å². The highest BCUT2D eigenvalue weighted by atomic mass is 16.6. The van der Waals surface area contributed by atoms with Crippen molar-refractivity contribution in [2.45, 2.75) is 57.7 Å². The molecule has 8 heteroatoms. The number of carboxylic acids is 1. The smallest absolute Gasteiger partial charge is 0.411 e. The van der Waals surface area contributed by atoms with Gasteiger partial charge in [0.25, 0.3) is 0 Å². The quantitative estimate of drug-likeness (QED) is 0.561. The normalized spacial score (nSPS) is 19.5. The van der Waals surface area contributed by atoms with Gasteiger partial charge in [0.05, 0.1) is 7.11 Å². The van der Waals surface area contributed by atoms with Gasteiger partial charge in [0, 0.05) is 6.54 Å². The highest BCUT2D eigenvalue weighted by Gasteiger charge is 2.50. The van der Waals surface area contributed by atoms with Gasteiger partial charge in [0.1, 0.15) is 18.2 Å². The highest BCUT2D eigenvalue weighted by Crippen LogP contribution is 2.33. The Balaban J connectivity index is 2.02. The summed E-state index contributed by atoms with van der Waals surface area (Å²) in [6.45, 7) is 4.67. The lowest BCUT2D eigenvalue weighted by atomic mass is 9.91. The monoisotopic (exact) mass is 420 g/mol. The van der Waals surface area contributed by atoms with E-state index in [1.165, 1.54) is 12.0 Å². The van der Waals surface area contributed by atoms with Crippen molar-refractivity contribution >= 4 is 18.0 Å². The van der Waals surface area contributed by atoms with Gasteiger partial charge in [-0.3, -0.25) is 9.69 Å². The number of aliphatic carboxylic acids is 1. The molecule has 1 aliphatic heterocycles. The summed E-state index contributed by atoms with van der Waals surface area (Å²) >= 11 is 0. The van der Waals surface area contributed by atoms with Crippen molar-refractivity contribution in [1.82, 2.24) is 10.2 Å². The first kappa shape index (κ1) is 23.7. The summed E-state index contributed by atoms with van der Waals surface area (Å²) in [4.78, 5) is 38.2. The number of amides is 1. The number of esters is 1. The van der Waals surface area contributed by atoms with Gasteiger partial charge in [-0.1, -0.05) is 44.2 Å². The minimum absolute atomic E-state index is 0.0862. The molecule has 1 saturated heterocycles. The molecule has 0 aliphatic carbocycles. The molecule has 1 aromatic carbocycles. The second-order valence-corrected chi connectivity index (χ2v) is 8.04. The predicted molar refractivity (Wildman–Crippen MR) is 111 cm³/mol. The molecule has 2 N–H and O–H groups in total. The number of nitrogens with zero attached hydrogens (tertiary/aromatic N) is 1. The Labute approximate surface area is 177 Å². The molecule has 30 heavy (non-hydrogen) atoms. The molecule has 1 aromatic rings. The number of rotatable bonds is 10. The number of nitrogens with one attached hydrogen (secondary N) is 1. The molecule has 0 saturated carbocycles. The van der Waals surface area contributed by atoms with Crippen LogP contribution in [0, 0.1) is 5.92 Å². The van der Waals surface area contributed by atoms with Gasteiger partial charge in [-0.05, 0) is 43.7 Å². The van der Waals surface area contributed by atoms with Crippen LogP contribution in [-0.4, -0.2) is 59.8 Å². The Hall–Kier alpha value is -2.61. The van der Waals surface area contributed by atoms with E-state index in [0.717, 1.165) is 5.56 Å². The van der Waals surface area contributed by atoms with E-state index in [1.54, 1.807) is 0 Å². The lowest BCUT2D eigenvalue weighted by molar-refractivity contribution is -0.149. The van der Waals surface area contributed by atoms with Crippen molar-refractivity contribution in [2.75, 3.05) is 20.2 Å². The summed E-state index contributed by atoms with van der Waals surface area (Å²) in [5, 5.41) is 13.1. The summed E-state index contributed by atoms with van der Waals surface area (Å²) in [5.74, 6) is -1.17. The third kappa shape index (κ3) is 5.95. The van der Waals surface area contributed by atoms with Gasteiger partial charge < -0.3 is 19.9 Å². The molecule has 0 bridgehead atoms. The molecule has 0 radical (unpaired) electrons. The number of benzene rings is 1. The Morgan fingerprint density at radius 1 is 1.23 bits per heavy atom. The highest BCUT2D eigenvalue weighted by molar-refractivity contribution is 5.85. The Morgan fingerprint density at radius 3 is 2.53 bits per heavy atom. The first-order chi connectivity index (χ1) is 14.3. The second-order valence-electron chi connectivity index (χ2n) is 8.04. The Kier molecular flexibility index (Phi) is 8.65. The Morgan fingerprint density at radius 2 is 1.93 bits per heavy atom. The van der Waals surface area contributed by atoms with Crippen LogP contribution in [-0.2, 0) is 25.7 Å². The van der Waals surface area contributed by atoms with Crippen LogP contribution in [0.3, 0.4) is 0 Å². The fraction of sp³-hybridized carbons (Fsp3) is 0.591. The summed E-state index contributed by atoms with van der Waals surface area (Å²) in [7, 11) is 1.33. The van der Waals surface area contributed by atoms with Crippen LogP contribution in [0.25, 0.3) is 0 Å². The van der Waals surface area contributed by atoms with Crippen molar-refractivity contribution in [3.05, 3.63) is 35.9 Å². The number of likely N-dealkylation sites (tertiary alicyclic amines) is 1. The fourth-order valence-electron chi connectivity index (χ4n) is 3.86. The van der Waals surface area contributed by atoms with Crippen LogP contribution in [0.15, 0.2) is 30.3 Å². The molecule has 0 unspecified atom stereocenters. The molecular weight excluding hydrogens is 388 g/mol.